The van der Waals surface area contributed by atoms with Gasteiger partial charge in [-0.1, -0.05) is 59.9 Å². The number of anilines is 2. The third kappa shape index (κ3) is 5.55. The average Bonchev–Trinajstić information content (AvgIpc) is 3.09. The highest BCUT2D eigenvalue weighted by Crippen LogP contribution is 2.36. The maximum absolute atomic E-state index is 13.0. The number of amides is 2. The van der Waals surface area contributed by atoms with E-state index in [0.29, 0.717) is 15.0 Å². The quantitative estimate of drug-likeness (QED) is 0.339. The van der Waals surface area contributed by atoms with Crippen LogP contribution < -0.4 is 15.0 Å². The molecule has 5 nitrogen and oxygen atoms in total. The number of rotatable bonds is 6. The van der Waals surface area contributed by atoms with Gasteiger partial charge in [-0.05, 0) is 79.9 Å². The van der Waals surface area contributed by atoms with Crippen molar-refractivity contribution >= 4 is 57.6 Å². The van der Waals surface area contributed by atoms with Crippen molar-refractivity contribution in [2.75, 3.05) is 16.8 Å². The molecule has 1 fully saturated rings. The maximum Gasteiger partial charge on any atom is 0.270 e. The zero-order chi connectivity index (χ0) is 24.2. The molecule has 3 aromatic rings. The van der Waals surface area contributed by atoms with Gasteiger partial charge in [0.1, 0.15) is 5.75 Å². The molecule has 34 heavy (non-hydrogen) atoms. The second-order valence-electron chi connectivity index (χ2n) is 8.06. The lowest BCUT2D eigenvalue weighted by atomic mass is 10.1. The zero-order valence-corrected chi connectivity index (χ0v) is 20.8. The third-order valence-electron chi connectivity index (χ3n) is 5.43. The summed E-state index contributed by atoms with van der Waals surface area (Å²) < 4.78 is 6.10. The molecular formula is C27H24N2O3S2. The van der Waals surface area contributed by atoms with Crippen LogP contribution in [-0.4, -0.2) is 22.7 Å². The van der Waals surface area contributed by atoms with Crippen LogP contribution in [0.1, 0.15) is 22.3 Å². The lowest BCUT2D eigenvalue weighted by molar-refractivity contribution is -0.118. The highest BCUT2D eigenvalue weighted by molar-refractivity contribution is 8.27. The van der Waals surface area contributed by atoms with Gasteiger partial charge in [-0.2, -0.15) is 0 Å². The van der Waals surface area contributed by atoms with Crippen LogP contribution in [0.3, 0.4) is 0 Å². The summed E-state index contributed by atoms with van der Waals surface area (Å²) >= 11 is 6.76. The van der Waals surface area contributed by atoms with Gasteiger partial charge >= 0.3 is 0 Å². The molecule has 1 aliphatic rings. The molecule has 1 heterocycles. The van der Waals surface area contributed by atoms with Crippen LogP contribution in [0.2, 0.25) is 0 Å². The van der Waals surface area contributed by atoms with Gasteiger partial charge in [0.15, 0.2) is 10.9 Å². The molecule has 1 saturated heterocycles. The monoisotopic (exact) mass is 488 g/mol. The van der Waals surface area contributed by atoms with Crippen molar-refractivity contribution < 1.29 is 14.3 Å². The molecule has 2 amide bonds. The number of hydrogen-bond acceptors (Lipinski definition) is 5. The van der Waals surface area contributed by atoms with Crippen LogP contribution in [0.15, 0.2) is 71.6 Å². The minimum absolute atomic E-state index is 0.0954. The topological polar surface area (TPSA) is 58.6 Å². The maximum atomic E-state index is 13.0. The van der Waals surface area contributed by atoms with E-state index in [0.717, 1.165) is 28.1 Å². The molecule has 0 unspecified atom stereocenters. The molecule has 4 rings (SSSR count). The minimum Gasteiger partial charge on any atom is -0.484 e. The summed E-state index contributed by atoms with van der Waals surface area (Å²) in [6, 6.07) is 20.7. The van der Waals surface area contributed by atoms with Gasteiger partial charge < -0.3 is 10.1 Å². The highest BCUT2D eigenvalue weighted by Gasteiger charge is 2.33. The van der Waals surface area contributed by atoms with Crippen molar-refractivity contribution in [3.63, 3.8) is 0 Å². The van der Waals surface area contributed by atoms with Crippen LogP contribution in [-0.2, 0) is 9.59 Å². The third-order valence-corrected chi connectivity index (χ3v) is 6.73. The van der Waals surface area contributed by atoms with Crippen molar-refractivity contribution in [1.29, 1.82) is 0 Å². The number of carbonyl (C=O) groups is 2. The van der Waals surface area contributed by atoms with E-state index < -0.39 is 0 Å². The molecule has 0 saturated carbocycles. The Morgan fingerprint density at radius 1 is 1.00 bits per heavy atom. The molecule has 1 N–H and O–H groups in total. The SMILES string of the molecule is Cc1ccc(NC(=O)COc2ccc(/C=C3/SC(=S)N(c4ccc(C)c(C)c4)C3=O)cc2)cc1. The first-order valence-corrected chi connectivity index (χ1v) is 12.0. The van der Waals surface area contributed by atoms with Crippen LogP contribution >= 0.6 is 24.0 Å². The number of nitrogens with one attached hydrogen (secondary N) is 1. The number of ether oxygens (including phenoxy) is 1. The molecule has 0 aliphatic carbocycles. The van der Waals surface area contributed by atoms with Crippen molar-refractivity contribution in [1.82, 2.24) is 0 Å². The van der Waals surface area contributed by atoms with Gasteiger partial charge in [0, 0.05) is 5.69 Å². The second-order valence-corrected chi connectivity index (χ2v) is 9.73. The van der Waals surface area contributed by atoms with Crippen molar-refractivity contribution in [2.24, 2.45) is 0 Å². The number of hydrogen-bond donors (Lipinski definition) is 1. The lowest BCUT2D eigenvalue weighted by Gasteiger charge is -2.15. The van der Waals surface area contributed by atoms with E-state index in [9.17, 15) is 9.59 Å². The number of nitrogens with zero attached hydrogens (tertiary/aromatic N) is 1. The smallest absolute Gasteiger partial charge is 0.270 e. The molecule has 7 heteroatoms. The predicted octanol–water partition coefficient (Wildman–Crippen LogP) is 6.04. The Kier molecular flexibility index (Phi) is 7.14. The summed E-state index contributed by atoms with van der Waals surface area (Å²) in [6.07, 6.45) is 1.81. The molecule has 0 bridgehead atoms. The zero-order valence-electron chi connectivity index (χ0n) is 19.1. The van der Waals surface area contributed by atoms with Crippen molar-refractivity contribution in [3.05, 3.63) is 93.9 Å². The molecule has 0 spiro atoms. The first kappa shape index (κ1) is 23.7. The molecular weight excluding hydrogens is 464 g/mol. The number of aryl methyl sites for hydroxylation is 3. The van der Waals surface area contributed by atoms with E-state index in [4.69, 9.17) is 17.0 Å². The molecule has 0 radical (unpaired) electrons. The van der Waals surface area contributed by atoms with E-state index in [1.54, 1.807) is 17.0 Å². The fraction of sp³-hybridized carbons (Fsp3) is 0.148. The van der Waals surface area contributed by atoms with Crippen LogP contribution in [0, 0.1) is 20.8 Å². The van der Waals surface area contributed by atoms with E-state index in [2.05, 4.69) is 5.32 Å². The Bertz CT molecular complexity index is 1280. The Morgan fingerprint density at radius 3 is 2.38 bits per heavy atom. The standard InChI is InChI=1S/C27H24N2O3S2/c1-17-4-9-21(10-5-17)28-25(30)16-32-23-12-7-20(8-13-23)15-24-26(31)29(27(33)34-24)22-11-6-18(2)19(3)14-22/h4-15H,16H2,1-3H3,(H,28,30)/b24-15+. The molecule has 3 aromatic carbocycles. The van der Waals surface area contributed by atoms with Gasteiger partial charge in [0.25, 0.3) is 11.8 Å². The van der Waals surface area contributed by atoms with Gasteiger partial charge in [0.05, 0.1) is 10.6 Å². The average molecular weight is 489 g/mol. The lowest BCUT2D eigenvalue weighted by Crippen LogP contribution is -2.27. The summed E-state index contributed by atoms with van der Waals surface area (Å²) in [5.41, 5.74) is 5.76. The number of benzene rings is 3. The van der Waals surface area contributed by atoms with E-state index in [1.807, 2.05) is 81.4 Å². The summed E-state index contributed by atoms with van der Waals surface area (Å²) in [5, 5.41) is 2.80. The first-order chi connectivity index (χ1) is 16.3. The Labute approximate surface area is 208 Å². The van der Waals surface area contributed by atoms with Crippen LogP contribution in [0.5, 0.6) is 5.75 Å². The van der Waals surface area contributed by atoms with E-state index >= 15 is 0 Å². The Morgan fingerprint density at radius 2 is 1.71 bits per heavy atom. The largest absolute Gasteiger partial charge is 0.484 e. The van der Waals surface area contributed by atoms with Gasteiger partial charge in [-0.3, -0.25) is 14.5 Å². The number of thioether (sulfide) groups is 1. The van der Waals surface area contributed by atoms with E-state index in [-0.39, 0.29) is 18.4 Å². The molecule has 0 aromatic heterocycles. The first-order valence-electron chi connectivity index (χ1n) is 10.7. The van der Waals surface area contributed by atoms with Gasteiger partial charge in [0.2, 0.25) is 0 Å². The van der Waals surface area contributed by atoms with Gasteiger partial charge in [-0.15, -0.1) is 0 Å². The summed E-state index contributed by atoms with van der Waals surface area (Å²) in [6.45, 7) is 5.95. The van der Waals surface area contributed by atoms with Gasteiger partial charge in [-0.25, -0.2) is 0 Å². The summed E-state index contributed by atoms with van der Waals surface area (Å²) in [4.78, 5) is 27.3. The van der Waals surface area contributed by atoms with Crippen LogP contribution in [0.25, 0.3) is 6.08 Å². The minimum atomic E-state index is -0.233. The van der Waals surface area contributed by atoms with Crippen LogP contribution in [0.4, 0.5) is 11.4 Å². The van der Waals surface area contributed by atoms with E-state index in [1.165, 1.54) is 17.3 Å². The van der Waals surface area contributed by atoms with Crippen molar-refractivity contribution in [3.8, 4) is 5.75 Å². The number of carbonyl (C=O) groups excluding carboxylic acids is 2. The van der Waals surface area contributed by atoms with Crippen molar-refractivity contribution in [2.45, 2.75) is 20.8 Å². The normalized spacial score (nSPS) is 14.6. The summed E-state index contributed by atoms with van der Waals surface area (Å²) in [7, 11) is 0. The molecule has 1 aliphatic heterocycles. The number of thiocarbonyl (C=S) groups is 1. The predicted molar refractivity (Wildman–Crippen MR) is 143 cm³/mol. The Hall–Kier alpha value is -3.42. The molecule has 0 atom stereocenters. The fourth-order valence-electron chi connectivity index (χ4n) is 3.35. The second kappa shape index (κ2) is 10.2. The Balaban J connectivity index is 1.38. The highest BCUT2D eigenvalue weighted by atomic mass is 32.2. The fourth-order valence-corrected chi connectivity index (χ4v) is 4.65. The molecule has 172 valence electrons. The summed E-state index contributed by atoms with van der Waals surface area (Å²) in [5.74, 6) is 0.202.